The van der Waals surface area contributed by atoms with E-state index in [-0.39, 0.29) is 0 Å². The highest BCUT2D eigenvalue weighted by Gasteiger charge is 2.33. The highest BCUT2D eigenvalue weighted by atomic mass is 28.2. The third-order valence-electron chi connectivity index (χ3n) is 1.73. The zero-order valence-electron chi connectivity index (χ0n) is 6.16. The predicted molar refractivity (Wildman–Crippen MR) is 38.2 cm³/mol. The first-order valence-corrected chi connectivity index (χ1v) is 5.28. The van der Waals surface area contributed by atoms with Gasteiger partial charge in [0.1, 0.15) is 0 Å². The Labute approximate surface area is 65.7 Å². The van der Waals surface area contributed by atoms with Crippen LogP contribution in [0.15, 0.2) is 0 Å². The van der Waals surface area contributed by atoms with Crippen molar-refractivity contribution in [2.24, 2.45) is 0 Å². The minimum absolute atomic E-state index is 0.441. The molecule has 0 bridgehead atoms. The third-order valence-corrected chi connectivity index (χ3v) is 3.30. The van der Waals surface area contributed by atoms with Crippen molar-refractivity contribution < 1.29 is 17.9 Å². The Balaban J connectivity index is 2.24. The fraction of sp³-hybridized carbons (Fsp3) is 1.00. The van der Waals surface area contributed by atoms with Crippen LogP contribution in [0, 0.1) is 0 Å². The second kappa shape index (κ2) is 3.58. The van der Waals surface area contributed by atoms with E-state index in [1.54, 1.807) is 0 Å². The molecule has 1 fully saturated rings. The Hall–Kier alpha value is -0.0331. The summed E-state index contributed by atoms with van der Waals surface area (Å²) in [5.74, 6) is -3.93. The van der Waals surface area contributed by atoms with Crippen molar-refractivity contribution >= 4 is 9.52 Å². The van der Waals surface area contributed by atoms with Gasteiger partial charge >= 0.3 is 5.80 Å². The van der Waals surface area contributed by atoms with Crippen LogP contribution in [0.2, 0.25) is 0 Å². The van der Waals surface area contributed by atoms with Crippen molar-refractivity contribution in [1.82, 2.24) is 0 Å². The lowest BCUT2D eigenvalue weighted by Gasteiger charge is -2.22. The van der Waals surface area contributed by atoms with Crippen molar-refractivity contribution in [2.75, 3.05) is 6.61 Å². The summed E-state index contributed by atoms with van der Waals surface area (Å²) in [6, 6.07) is 0. The molecule has 0 aromatic heterocycles. The summed E-state index contributed by atoms with van der Waals surface area (Å²) in [4.78, 5) is 0. The van der Waals surface area contributed by atoms with E-state index in [1.165, 1.54) is 0 Å². The molecule has 0 radical (unpaired) electrons. The van der Waals surface area contributed by atoms with E-state index in [2.05, 4.69) is 0 Å². The summed E-state index contributed by atoms with van der Waals surface area (Å²) in [7, 11) is -2.02. The number of rotatable bonds is 1. The topological polar surface area (TPSA) is 9.23 Å². The Morgan fingerprint density at radius 2 is 2.00 bits per heavy atom. The van der Waals surface area contributed by atoms with Gasteiger partial charge in [-0.1, -0.05) is 0 Å². The average Bonchev–Trinajstić information content (AvgIpc) is 1.85. The first-order valence-electron chi connectivity index (χ1n) is 3.76. The Bertz CT molecular complexity index is 119. The van der Waals surface area contributed by atoms with Gasteiger partial charge in [0.05, 0.1) is 5.73 Å². The highest BCUT2D eigenvalue weighted by molar-refractivity contribution is 6.39. The van der Waals surface area contributed by atoms with E-state index in [9.17, 15) is 13.2 Å². The van der Waals surface area contributed by atoms with Crippen LogP contribution in [0.3, 0.4) is 0 Å². The molecule has 0 aliphatic carbocycles. The van der Waals surface area contributed by atoms with E-state index in [1.807, 2.05) is 0 Å². The van der Waals surface area contributed by atoms with Crippen molar-refractivity contribution in [1.29, 1.82) is 0 Å². The van der Waals surface area contributed by atoms with Crippen LogP contribution < -0.4 is 0 Å². The van der Waals surface area contributed by atoms with Gasteiger partial charge in [-0.2, -0.15) is 13.2 Å². The van der Waals surface area contributed by atoms with Crippen LogP contribution in [-0.4, -0.2) is 27.7 Å². The number of hydrogen-bond donors (Lipinski definition) is 0. The number of hydrogen-bond acceptors (Lipinski definition) is 1. The molecule has 0 aromatic carbocycles. The molecule has 1 aliphatic rings. The van der Waals surface area contributed by atoms with E-state index < -0.39 is 21.0 Å². The molecule has 1 saturated heterocycles. The van der Waals surface area contributed by atoms with Crippen molar-refractivity contribution in [3.8, 4) is 0 Å². The number of halogens is 3. The summed E-state index contributed by atoms with van der Waals surface area (Å²) in [6.45, 7) is 0.522. The van der Waals surface area contributed by atoms with Crippen LogP contribution in [0.25, 0.3) is 0 Å². The van der Waals surface area contributed by atoms with Gasteiger partial charge in [-0.15, -0.1) is 0 Å². The SMILES string of the molecule is FC(F)(F)[SiH2]C1CCCCO1. The van der Waals surface area contributed by atoms with Gasteiger partial charge in [0, 0.05) is 6.61 Å². The summed E-state index contributed by atoms with van der Waals surface area (Å²) >= 11 is 0. The molecule has 0 N–H and O–H groups in total. The molecule has 1 heterocycles. The summed E-state index contributed by atoms with van der Waals surface area (Å²) in [5, 5.41) is 0. The molecule has 0 aromatic rings. The largest absolute Gasteiger partial charge is 0.382 e. The maximum absolute atomic E-state index is 11.8. The molecule has 1 unspecified atom stereocenters. The van der Waals surface area contributed by atoms with Crippen LogP contribution in [0.5, 0.6) is 0 Å². The number of alkyl halides is 3. The molecule has 0 amide bonds. The molecule has 0 spiro atoms. The second-order valence-corrected chi connectivity index (χ2v) is 4.93. The molecule has 1 nitrogen and oxygen atoms in total. The third kappa shape index (κ3) is 3.76. The molecular formula is C6H11F3OSi. The monoisotopic (exact) mass is 184 g/mol. The van der Waals surface area contributed by atoms with Gasteiger partial charge in [0.25, 0.3) is 0 Å². The van der Waals surface area contributed by atoms with Crippen LogP contribution in [0.1, 0.15) is 19.3 Å². The zero-order chi connectivity index (χ0) is 8.32. The average molecular weight is 184 g/mol. The first-order chi connectivity index (χ1) is 5.08. The molecule has 11 heavy (non-hydrogen) atoms. The molecule has 1 rings (SSSR count). The maximum Gasteiger partial charge on any atom is 0.357 e. The van der Waals surface area contributed by atoms with Gasteiger partial charge in [-0.3, -0.25) is 0 Å². The molecule has 66 valence electrons. The minimum atomic E-state index is -3.93. The van der Waals surface area contributed by atoms with Crippen LogP contribution in [-0.2, 0) is 4.74 Å². The van der Waals surface area contributed by atoms with Crippen molar-refractivity contribution in [3.05, 3.63) is 0 Å². The Kier molecular flexibility index (Phi) is 2.95. The first kappa shape index (κ1) is 9.06. The molecule has 0 saturated carbocycles. The molecular weight excluding hydrogens is 173 g/mol. The summed E-state index contributed by atoms with van der Waals surface area (Å²) in [5.41, 5.74) is -0.441. The van der Waals surface area contributed by atoms with Gasteiger partial charge in [0.15, 0.2) is 9.52 Å². The standard InChI is InChI=1S/C6H11F3OSi/c7-6(8,9)11-5-3-1-2-4-10-5/h5H,1-4,11H2. The Morgan fingerprint density at radius 1 is 1.27 bits per heavy atom. The van der Waals surface area contributed by atoms with Crippen LogP contribution in [0.4, 0.5) is 13.2 Å². The van der Waals surface area contributed by atoms with Gasteiger partial charge < -0.3 is 4.74 Å². The van der Waals surface area contributed by atoms with Crippen molar-refractivity contribution in [2.45, 2.75) is 30.8 Å². The molecule has 1 atom stereocenters. The second-order valence-electron chi connectivity index (χ2n) is 2.81. The zero-order valence-corrected chi connectivity index (χ0v) is 7.57. The fourth-order valence-electron chi connectivity index (χ4n) is 1.23. The normalized spacial score (nSPS) is 28.1. The van der Waals surface area contributed by atoms with Gasteiger partial charge in [-0.05, 0) is 19.3 Å². The van der Waals surface area contributed by atoms with E-state index in [4.69, 9.17) is 4.74 Å². The van der Waals surface area contributed by atoms with E-state index >= 15 is 0 Å². The predicted octanol–water partition coefficient (Wildman–Crippen LogP) is 1.20. The lowest BCUT2D eigenvalue weighted by atomic mass is 10.2. The molecule has 1 aliphatic heterocycles. The van der Waals surface area contributed by atoms with Crippen molar-refractivity contribution in [3.63, 3.8) is 0 Å². The fourth-order valence-corrected chi connectivity index (χ4v) is 2.52. The molecule has 5 heteroatoms. The van der Waals surface area contributed by atoms with Crippen LogP contribution >= 0.6 is 0 Å². The quantitative estimate of drug-likeness (QED) is 0.556. The highest BCUT2D eigenvalue weighted by Crippen LogP contribution is 2.20. The Morgan fingerprint density at radius 3 is 2.45 bits per heavy atom. The number of ether oxygens (including phenoxy) is 1. The minimum Gasteiger partial charge on any atom is -0.382 e. The van der Waals surface area contributed by atoms with Gasteiger partial charge in [-0.25, -0.2) is 0 Å². The summed E-state index contributed by atoms with van der Waals surface area (Å²) < 4.78 is 40.5. The lowest BCUT2D eigenvalue weighted by molar-refractivity contribution is -0.0570. The van der Waals surface area contributed by atoms with E-state index in [0.29, 0.717) is 13.0 Å². The maximum atomic E-state index is 11.8. The lowest BCUT2D eigenvalue weighted by Crippen LogP contribution is -2.35. The van der Waals surface area contributed by atoms with E-state index in [0.717, 1.165) is 12.8 Å². The summed E-state index contributed by atoms with van der Waals surface area (Å²) in [6.07, 6.45) is 2.43. The smallest absolute Gasteiger partial charge is 0.357 e. The van der Waals surface area contributed by atoms with Gasteiger partial charge in [0.2, 0.25) is 0 Å².